The average Bonchev–Trinajstić information content (AvgIpc) is 2.53. The van der Waals surface area contributed by atoms with Crippen LogP contribution >= 0.6 is 0 Å². The van der Waals surface area contributed by atoms with Crippen LogP contribution in [-0.4, -0.2) is 38.1 Å². The fourth-order valence-corrected chi connectivity index (χ4v) is 1.84. The molecule has 7 nitrogen and oxygen atoms in total. The molecule has 7 heteroatoms. The second-order valence-corrected chi connectivity index (χ2v) is 5.47. The van der Waals surface area contributed by atoms with E-state index in [1.807, 2.05) is 13.8 Å². The number of carbonyl (C=O) groups is 3. The maximum Gasteiger partial charge on any atom is 0.411 e. The Balaban J connectivity index is 2.59. The molecule has 0 radical (unpaired) electrons. The molecule has 0 fully saturated rings. The van der Waals surface area contributed by atoms with Crippen LogP contribution in [0.1, 0.15) is 19.4 Å². The summed E-state index contributed by atoms with van der Waals surface area (Å²) in [6, 6.07) is 6.36. The lowest BCUT2D eigenvalue weighted by atomic mass is 10.1. The minimum absolute atomic E-state index is 0.267. The number of anilines is 1. The molecular formula is C16H23N3O4. The molecule has 0 aliphatic carbocycles. The van der Waals surface area contributed by atoms with Gasteiger partial charge in [0, 0.05) is 19.2 Å². The Kier molecular flexibility index (Phi) is 7.59. The highest BCUT2D eigenvalue weighted by Gasteiger charge is 2.16. The summed E-state index contributed by atoms with van der Waals surface area (Å²) in [6.07, 6.45) is 0.356. The van der Waals surface area contributed by atoms with Crippen molar-refractivity contribution < 1.29 is 19.1 Å². The van der Waals surface area contributed by atoms with Crippen LogP contribution in [0.2, 0.25) is 0 Å². The van der Waals surface area contributed by atoms with Crippen molar-refractivity contribution in [2.24, 2.45) is 5.92 Å². The summed E-state index contributed by atoms with van der Waals surface area (Å²) in [4.78, 5) is 33.8. The van der Waals surface area contributed by atoms with Gasteiger partial charge in [-0.05, 0) is 23.6 Å². The summed E-state index contributed by atoms with van der Waals surface area (Å²) in [5.41, 5.74) is 1.45. The van der Waals surface area contributed by atoms with Gasteiger partial charge in [-0.25, -0.2) is 4.79 Å². The molecule has 126 valence electrons. The van der Waals surface area contributed by atoms with Crippen LogP contribution in [0.25, 0.3) is 0 Å². The van der Waals surface area contributed by atoms with E-state index in [1.165, 1.54) is 7.05 Å². The molecule has 0 spiro atoms. The van der Waals surface area contributed by atoms with Crippen LogP contribution in [-0.2, 0) is 20.7 Å². The molecule has 0 aliphatic heterocycles. The Labute approximate surface area is 135 Å². The highest BCUT2D eigenvalue weighted by Crippen LogP contribution is 2.12. The largest absolute Gasteiger partial charge is 0.449 e. The van der Waals surface area contributed by atoms with Crippen molar-refractivity contribution in [3.63, 3.8) is 0 Å². The molecule has 3 N–H and O–H groups in total. The van der Waals surface area contributed by atoms with Crippen molar-refractivity contribution >= 4 is 24.1 Å². The summed E-state index contributed by atoms with van der Waals surface area (Å²) in [6.45, 7) is 4.27. The second-order valence-electron chi connectivity index (χ2n) is 5.47. The third-order valence-corrected chi connectivity index (χ3v) is 3.02. The van der Waals surface area contributed by atoms with Crippen molar-refractivity contribution in [1.82, 2.24) is 10.6 Å². The molecule has 1 aromatic rings. The van der Waals surface area contributed by atoms with E-state index in [0.717, 1.165) is 5.56 Å². The number of nitrogens with one attached hydrogen (secondary N) is 3. The van der Waals surface area contributed by atoms with Gasteiger partial charge in [0.1, 0.15) is 6.04 Å². The van der Waals surface area contributed by atoms with Crippen LogP contribution < -0.4 is 16.0 Å². The molecule has 0 bridgehead atoms. The molecule has 1 atom stereocenters. The van der Waals surface area contributed by atoms with E-state index in [1.54, 1.807) is 24.3 Å². The molecule has 1 rings (SSSR count). The summed E-state index contributed by atoms with van der Waals surface area (Å²) in [5.74, 6) is 0.00616. The maximum absolute atomic E-state index is 11.6. The van der Waals surface area contributed by atoms with Gasteiger partial charge in [0.2, 0.25) is 12.3 Å². The topological polar surface area (TPSA) is 96.5 Å². The van der Waals surface area contributed by atoms with Crippen LogP contribution in [0, 0.1) is 5.92 Å². The molecule has 0 aliphatic rings. The Morgan fingerprint density at radius 2 is 1.87 bits per heavy atom. The predicted octanol–water partition coefficient (Wildman–Crippen LogP) is 1.29. The van der Waals surface area contributed by atoms with Crippen molar-refractivity contribution in [3.05, 3.63) is 29.8 Å². The Morgan fingerprint density at radius 3 is 2.39 bits per heavy atom. The van der Waals surface area contributed by atoms with Crippen molar-refractivity contribution in [2.75, 3.05) is 19.0 Å². The zero-order valence-electron chi connectivity index (χ0n) is 13.6. The SMILES string of the molecule is CNC(=O)C(Cc1ccc(NC(=O)OCC(C)C)cc1)NC=O. The number of rotatable bonds is 8. The summed E-state index contributed by atoms with van der Waals surface area (Å²) in [7, 11) is 1.51. The van der Waals surface area contributed by atoms with E-state index < -0.39 is 12.1 Å². The van der Waals surface area contributed by atoms with Crippen LogP contribution in [0.5, 0.6) is 0 Å². The third kappa shape index (κ3) is 6.82. The molecule has 0 heterocycles. The summed E-state index contributed by atoms with van der Waals surface area (Å²) in [5, 5.41) is 7.60. The van der Waals surface area contributed by atoms with Crippen LogP contribution in [0.15, 0.2) is 24.3 Å². The monoisotopic (exact) mass is 321 g/mol. The standard InChI is InChI=1S/C16H23N3O4/c1-11(2)9-23-16(22)19-13-6-4-12(5-7-13)8-14(18-10-20)15(21)17-3/h4-7,10-11,14H,8-9H2,1-3H3,(H,17,21)(H,18,20)(H,19,22). The van der Waals surface area contributed by atoms with Gasteiger partial charge in [0.15, 0.2) is 0 Å². The van der Waals surface area contributed by atoms with Crippen molar-refractivity contribution in [3.8, 4) is 0 Å². The number of carbonyl (C=O) groups excluding carboxylic acids is 3. The van der Waals surface area contributed by atoms with E-state index in [2.05, 4.69) is 16.0 Å². The molecule has 1 aromatic carbocycles. The van der Waals surface area contributed by atoms with Crippen molar-refractivity contribution in [2.45, 2.75) is 26.3 Å². The lowest BCUT2D eigenvalue weighted by molar-refractivity contribution is -0.124. The maximum atomic E-state index is 11.6. The lowest BCUT2D eigenvalue weighted by Crippen LogP contribution is -2.43. The fourth-order valence-electron chi connectivity index (χ4n) is 1.84. The number of ether oxygens (including phenoxy) is 1. The number of amides is 3. The second kappa shape index (κ2) is 9.45. The molecule has 1 unspecified atom stereocenters. The Hall–Kier alpha value is -2.57. The predicted molar refractivity (Wildman–Crippen MR) is 87.0 cm³/mol. The van der Waals surface area contributed by atoms with E-state index >= 15 is 0 Å². The zero-order chi connectivity index (χ0) is 17.2. The first-order chi connectivity index (χ1) is 11.0. The van der Waals surface area contributed by atoms with E-state index in [4.69, 9.17) is 4.74 Å². The molecular weight excluding hydrogens is 298 g/mol. The van der Waals surface area contributed by atoms with Gasteiger partial charge < -0.3 is 15.4 Å². The van der Waals surface area contributed by atoms with Crippen LogP contribution in [0.4, 0.5) is 10.5 Å². The van der Waals surface area contributed by atoms with Gasteiger partial charge in [-0.3, -0.25) is 14.9 Å². The minimum atomic E-state index is -0.632. The Bertz CT molecular complexity index is 529. The molecule has 3 amide bonds. The quantitative estimate of drug-likeness (QED) is 0.629. The van der Waals surface area contributed by atoms with Gasteiger partial charge in [0.05, 0.1) is 6.61 Å². The fraction of sp³-hybridized carbons (Fsp3) is 0.438. The smallest absolute Gasteiger partial charge is 0.411 e. The van der Waals surface area contributed by atoms with Crippen molar-refractivity contribution in [1.29, 1.82) is 0 Å². The van der Waals surface area contributed by atoms with Gasteiger partial charge >= 0.3 is 6.09 Å². The highest BCUT2D eigenvalue weighted by molar-refractivity contribution is 5.85. The van der Waals surface area contributed by atoms with E-state index in [-0.39, 0.29) is 11.8 Å². The first kappa shape index (κ1) is 18.5. The first-order valence-corrected chi connectivity index (χ1v) is 7.40. The third-order valence-electron chi connectivity index (χ3n) is 3.02. The van der Waals surface area contributed by atoms with Gasteiger partial charge in [-0.2, -0.15) is 0 Å². The Morgan fingerprint density at radius 1 is 1.22 bits per heavy atom. The zero-order valence-corrected chi connectivity index (χ0v) is 13.6. The van der Waals surface area contributed by atoms with Gasteiger partial charge in [-0.1, -0.05) is 26.0 Å². The number of hydrogen-bond acceptors (Lipinski definition) is 4. The number of likely N-dealkylation sites (N-methyl/N-ethyl adjacent to an activating group) is 1. The first-order valence-electron chi connectivity index (χ1n) is 7.40. The molecule has 0 saturated heterocycles. The van der Waals surface area contributed by atoms with Gasteiger partial charge in [0.25, 0.3) is 0 Å². The highest BCUT2D eigenvalue weighted by atomic mass is 16.5. The van der Waals surface area contributed by atoms with Crippen LogP contribution in [0.3, 0.4) is 0 Å². The van der Waals surface area contributed by atoms with Gasteiger partial charge in [-0.15, -0.1) is 0 Å². The van der Waals surface area contributed by atoms with E-state index in [9.17, 15) is 14.4 Å². The lowest BCUT2D eigenvalue weighted by Gasteiger charge is -2.14. The molecule has 0 aromatic heterocycles. The number of hydrogen-bond donors (Lipinski definition) is 3. The van der Waals surface area contributed by atoms with E-state index in [0.29, 0.717) is 25.1 Å². The normalized spacial score (nSPS) is 11.5. The minimum Gasteiger partial charge on any atom is -0.449 e. The molecule has 23 heavy (non-hydrogen) atoms. The number of benzene rings is 1. The summed E-state index contributed by atoms with van der Waals surface area (Å²) < 4.78 is 5.03. The summed E-state index contributed by atoms with van der Waals surface area (Å²) >= 11 is 0. The average molecular weight is 321 g/mol. The molecule has 0 saturated carbocycles.